The Labute approximate surface area is 130 Å². The van der Waals surface area contributed by atoms with Crippen molar-refractivity contribution in [2.45, 2.75) is 58.9 Å². The number of rotatable bonds is 3. The summed E-state index contributed by atoms with van der Waals surface area (Å²) in [7, 11) is -2.02. The van der Waals surface area contributed by atoms with Gasteiger partial charge in [-0.3, -0.25) is 0 Å². The van der Waals surface area contributed by atoms with Crippen LogP contribution in [0.15, 0.2) is 10.5 Å². The van der Waals surface area contributed by atoms with E-state index in [0.29, 0.717) is 5.56 Å². The zero-order chi connectivity index (χ0) is 15.9. The first kappa shape index (κ1) is 17.8. The van der Waals surface area contributed by atoms with Gasteiger partial charge in [0.05, 0.1) is 10.6 Å². The van der Waals surface area contributed by atoms with Crippen LogP contribution in [-0.4, -0.2) is 8.32 Å². The molecule has 0 spiro atoms. The maximum Gasteiger partial charge on any atom is 0.192 e. The first-order valence-corrected chi connectivity index (χ1v) is 10.4. The van der Waals surface area contributed by atoms with Crippen LogP contribution in [0.4, 0.5) is 8.78 Å². The summed E-state index contributed by atoms with van der Waals surface area (Å²) < 4.78 is 34.2. The first-order chi connectivity index (χ1) is 8.88. The van der Waals surface area contributed by atoms with Crippen LogP contribution in [0, 0.1) is 18.6 Å². The molecule has 0 aliphatic heterocycles. The summed E-state index contributed by atoms with van der Waals surface area (Å²) in [6.07, 6.45) is -0.461. The van der Waals surface area contributed by atoms with Gasteiger partial charge in [0, 0.05) is 5.56 Å². The molecule has 1 atom stereocenters. The lowest BCUT2D eigenvalue weighted by Gasteiger charge is -2.38. The van der Waals surface area contributed by atoms with E-state index >= 15 is 0 Å². The molecule has 1 aromatic carbocycles. The van der Waals surface area contributed by atoms with E-state index in [1.165, 1.54) is 0 Å². The van der Waals surface area contributed by atoms with Crippen molar-refractivity contribution in [3.05, 3.63) is 33.3 Å². The van der Waals surface area contributed by atoms with Crippen molar-refractivity contribution in [3.63, 3.8) is 0 Å². The van der Waals surface area contributed by atoms with Gasteiger partial charge in [-0.2, -0.15) is 0 Å². The Kier molecular flexibility index (Phi) is 5.20. The number of hydrogen-bond donors (Lipinski definition) is 0. The summed E-state index contributed by atoms with van der Waals surface area (Å²) in [6.45, 7) is 14.1. The Balaban J connectivity index is 3.15. The lowest BCUT2D eigenvalue weighted by Crippen LogP contribution is -2.41. The Bertz CT molecular complexity index is 510. The second-order valence-electron chi connectivity index (χ2n) is 6.75. The summed E-state index contributed by atoms with van der Waals surface area (Å²) >= 11 is 3.06. The van der Waals surface area contributed by atoms with Gasteiger partial charge in [-0.15, -0.1) is 0 Å². The van der Waals surface area contributed by atoms with Crippen LogP contribution >= 0.6 is 15.9 Å². The Morgan fingerprint density at radius 2 is 1.70 bits per heavy atom. The molecule has 0 radical (unpaired) electrons. The van der Waals surface area contributed by atoms with Crippen LogP contribution < -0.4 is 0 Å². The molecule has 0 amide bonds. The van der Waals surface area contributed by atoms with Gasteiger partial charge in [-0.25, -0.2) is 8.78 Å². The average molecular weight is 365 g/mol. The molecule has 1 nitrogen and oxygen atoms in total. The van der Waals surface area contributed by atoms with Crippen LogP contribution in [0.1, 0.15) is 44.9 Å². The van der Waals surface area contributed by atoms with E-state index < -0.39 is 26.1 Å². The number of benzene rings is 1. The molecular weight excluding hydrogens is 342 g/mol. The molecule has 0 aliphatic carbocycles. The lowest BCUT2D eigenvalue weighted by molar-refractivity contribution is 0.196. The third-order valence-electron chi connectivity index (χ3n) is 4.07. The summed E-state index contributed by atoms with van der Waals surface area (Å²) in [5, 5.41) is 0.0285. The Hall–Kier alpha value is -0.263. The quantitative estimate of drug-likeness (QED) is 0.463. The molecule has 1 aromatic rings. The van der Waals surface area contributed by atoms with Crippen molar-refractivity contribution in [3.8, 4) is 0 Å². The highest BCUT2D eigenvalue weighted by Crippen LogP contribution is 2.40. The molecule has 0 aliphatic rings. The fourth-order valence-electron chi connectivity index (χ4n) is 1.73. The standard InChI is InChI=1S/C15H23BrF2OSi/c1-9-8-11(13(17)14(18)12(9)16)10(2)19-20(6,7)15(3,4)5/h8,10H,1-7H3. The third-order valence-corrected chi connectivity index (χ3v) is 9.60. The van der Waals surface area contributed by atoms with Crippen LogP contribution in [0.2, 0.25) is 18.1 Å². The molecule has 0 saturated carbocycles. The van der Waals surface area contributed by atoms with E-state index in [0.717, 1.165) is 0 Å². The molecular formula is C15H23BrF2OSi. The van der Waals surface area contributed by atoms with E-state index in [2.05, 4.69) is 49.8 Å². The van der Waals surface area contributed by atoms with Gasteiger partial charge >= 0.3 is 0 Å². The average Bonchev–Trinajstić information content (AvgIpc) is 2.29. The van der Waals surface area contributed by atoms with Gasteiger partial charge in [-0.05, 0) is 59.5 Å². The highest BCUT2D eigenvalue weighted by molar-refractivity contribution is 9.10. The van der Waals surface area contributed by atoms with Crippen molar-refractivity contribution in [2.75, 3.05) is 0 Å². The molecule has 0 bridgehead atoms. The van der Waals surface area contributed by atoms with Crippen molar-refractivity contribution in [2.24, 2.45) is 0 Å². The van der Waals surface area contributed by atoms with Gasteiger partial charge in [0.15, 0.2) is 20.0 Å². The Morgan fingerprint density at radius 1 is 1.20 bits per heavy atom. The zero-order valence-corrected chi connectivity index (χ0v) is 15.8. The van der Waals surface area contributed by atoms with E-state index in [1.54, 1.807) is 19.9 Å². The third kappa shape index (κ3) is 3.49. The summed E-state index contributed by atoms with van der Waals surface area (Å²) in [5.41, 5.74) is 0.956. The molecule has 1 rings (SSSR count). The van der Waals surface area contributed by atoms with Gasteiger partial charge in [0.1, 0.15) is 0 Å². The molecule has 0 aromatic heterocycles. The first-order valence-electron chi connectivity index (χ1n) is 6.70. The van der Waals surface area contributed by atoms with Gasteiger partial charge in [0.25, 0.3) is 0 Å². The maximum absolute atomic E-state index is 14.1. The minimum atomic E-state index is -2.02. The zero-order valence-electron chi connectivity index (χ0n) is 13.2. The van der Waals surface area contributed by atoms with E-state index in [1.807, 2.05) is 0 Å². The molecule has 0 N–H and O–H groups in total. The Morgan fingerprint density at radius 3 is 2.15 bits per heavy atom. The second kappa shape index (κ2) is 5.85. The summed E-state index contributed by atoms with van der Waals surface area (Å²) in [4.78, 5) is 0. The van der Waals surface area contributed by atoms with E-state index in [9.17, 15) is 8.78 Å². The van der Waals surface area contributed by atoms with Gasteiger partial charge in [0.2, 0.25) is 0 Å². The molecule has 5 heteroatoms. The normalized spacial score (nSPS) is 14.5. The van der Waals surface area contributed by atoms with Crippen molar-refractivity contribution in [1.29, 1.82) is 0 Å². The molecule has 1 unspecified atom stereocenters. The highest BCUT2D eigenvalue weighted by Gasteiger charge is 2.39. The minimum absolute atomic E-state index is 0.0285. The molecule has 0 fully saturated rings. The minimum Gasteiger partial charge on any atom is -0.410 e. The van der Waals surface area contributed by atoms with Crippen molar-refractivity contribution >= 4 is 24.2 Å². The van der Waals surface area contributed by atoms with Crippen molar-refractivity contribution in [1.82, 2.24) is 0 Å². The molecule has 0 saturated heterocycles. The maximum atomic E-state index is 14.1. The van der Waals surface area contributed by atoms with E-state index in [-0.39, 0.29) is 15.1 Å². The number of hydrogen-bond acceptors (Lipinski definition) is 1. The monoisotopic (exact) mass is 364 g/mol. The fraction of sp³-hybridized carbons (Fsp3) is 0.600. The lowest BCUT2D eigenvalue weighted by atomic mass is 10.1. The number of halogens is 3. The molecule has 114 valence electrons. The SMILES string of the molecule is Cc1cc(C(C)O[Si](C)(C)C(C)(C)C)c(F)c(F)c1Br. The topological polar surface area (TPSA) is 9.23 Å². The summed E-state index contributed by atoms with van der Waals surface area (Å²) in [6, 6.07) is 1.65. The van der Waals surface area contributed by atoms with Gasteiger partial charge < -0.3 is 4.43 Å². The molecule has 20 heavy (non-hydrogen) atoms. The highest BCUT2D eigenvalue weighted by atomic mass is 79.9. The van der Waals surface area contributed by atoms with Gasteiger partial charge in [-0.1, -0.05) is 20.8 Å². The van der Waals surface area contributed by atoms with Crippen LogP contribution in [0.5, 0.6) is 0 Å². The van der Waals surface area contributed by atoms with Crippen LogP contribution in [0.3, 0.4) is 0 Å². The molecule has 0 heterocycles. The van der Waals surface area contributed by atoms with Crippen LogP contribution in [-0.2, 0) is 4.43 Å². The largest absolute Gasteiger partial charge is 0.410 e. The fourth-order valence-corrected chi connectivity index (χ4v) is 3.39. The predicted octanol–water partition coefficient (Wildman–Crippen LogP) is 6.12. The second-order valence-corrected chi connectivity index (χ2v) is 12.3. The van der Waals surface area contributed by atoms with Crippen LogP contribution in [0.25, 0.3) is 0 Å². The predicted molar refractivity (Wildman–Crippen MR) is 85.5 cm³/mol. The smallest absolute Gasteiger partial charge is 0.192 e. The number of aryl methyl sites for hydroxylation is 1. The van der Waals surface area contributed by atoms with Crippen molar-refractivity contribution < 1.29 is 13.2 Å². The van der Waals surface area contributed by atoms with E-state index in [4.69, 9.17) is 4.43 Å². The summed E-state index contributed by atoms with van der Waals surface area (Å²) in [5.74, 6) is -1.67.